The van der Waals surface area contributed by atoms with Gasteiger partial charge in [0.1, 0.15) is 0 Å². The van der Waals surface area contributed by atoms with E-state index in [1.54, 1.807) is 12.4 Å². The fourth-order valence-corrected chi connectivity index (χ4v) is 4.86. The summed E-state index contributed by atoms with van der Waals surface area (Å²) in [4.78, 5) is 18.0. The molecular weight excluding hydrogens is 328 g/mol. The molecule has 1 aromatic rings. The van der Waals surface area contributed by atoms with Crippen LogP contribution in [0.2, 0.25) is 0 Å². The summed E-state index contributed by atoms with van der Waals surface area (Å²) in [5.41, 5.74) is 6.65. The van der Waals surface area contributed by atoms with Crippen LogP contribution in [0.1, 0.15) is 39.0 Å². The van der Waals surface area contributed by atoms with Crippen molar-refractivity contribution >= 4 is 11.9 Å². The van der Waals surface area contributed by atoms with Crippen LogP contribution in [-0.4, -0.2) is 65.8 Å². The van der Waals surface area contributed by atoms with Crippen LogP contribution in [0.25, 0.3) is 0 Å². The summed E-state index contributed by atoms with van der Waals surface area (Å²) in [5.74, 6) is 1.50. The summed E-state index contributed by atoms with van der Waals surface area (Å²) >= 11 is 0. The minimum Gasteiger partial charge on any atom is -0.378 e. The average Bonchev–Trinajstić information content (AvgIpc) is 3.21. The molecule has 3 fully saturated rings. The Balaban J connectivity index is 1.37. The summed E-state index contributed by atoms with van der Waals surface area (Å²) in [6, 6.07) is 2.18. The number of rotatable bonds is 4. The van der Waals surface area contributed by atoms with E-state index in [1.165, 1.54) is 25.7 Å². The lowest BCUT2D eigenvalue weighted by molar-refractivity contribution is -0.119. The lowest BCUT2D eigenvalue weighted by atomic mass is 9.61. The third-order valence-corrected chi connectivity index (χ3v) is 6.37. The van der Waals surface area contributed by atoms with Gasteiger partial charge in [-0.05, 0) is 32.3 Å². The number of guanidine groups is 1. The molecule has 26 heavy (non-hydrogen) atoms. The van der Waals surface area contributed by atoms with Crippen LogP contribution in [0, 0.1) is 5.41 Å². The molecule has 7 heteroatoms. The molecule has 2 N–H and O–H groups in total. The first-order chi connectivity index (χ1) is 12.7. The predicted molar refractivity (Wildman–Crippen MR) is 102 cm³/mol. The molecule has 1 aliphatic heterocycles. The number of hydrogen-bond donors (Lipinski definition) is 1. The fraction of sp³-hybridized carbons (Fsp3) is 0.737. The van der Waals surface area contributed by atoms with E-state index >= 15 is 0 Å². The normalized spacial score (nSPS) is 28.4. The van der Waals surface area contributed by atoms with E-state index in [4.69, 9.17) is 15.5 Å². The van der Waals surface area contributed by atoms with Crippen molar-refractivity contribution in [3.8, 4) is 0 Å². The van der Waals surface area contributed by atoms with E-state index in [1.807, 2.05) is 6.07 Å². The topological polar surface area (TPSA) is 79.9 Å². The smallest absolute Gasteiger partial charge is 0.225 e. The average molecular weight is 358 g/mol. The lowest BCUT2D eigenvalue weighted by Gasteiger charge is -2.52. The minimum atomic E-state index is 0.250. The van der Waals surface area contributed by atoms with Gasteiger partial charge in [-0.15, -0.1) is 0 Å². The molecule has 4 rings (SSSR count). The number of anilines is 1. The van der Waals surface area contributed by atoms with Crippen molar-refractivity contribution < 1.29 is 4.74 Å². The fourth-order valence-electron chi connectivity index (χ4n) is 4.86. The second-order valence-corrected chi connectivity index (χ2v) is 7.65. The van der Waals surface area contributed by atoms with Gasteiger partial charge in [-0.2, -0.15) is 0 Å². The first-order valence-corrected chi connectivity index (χ1v) is 9.95. The monoisotopic (exact) mass is 358 g/mol. The molecule has 0 amide bonds. The first-order valence-electron chi connectivity index (χ1n) is 9.95. The van der Waals surface area contributed by atoms with Crippen molar-refractivity contribution in [1.82, 2.24) is 14.9 Å². The van der Waals surface area contributed by atoms with Gasteiger partial charge in [0, 0.05) is 50.6 Å². The zero-order chi connectivity index (χ0) is 18.0. The second kappa shape index (κ2) is 7.39. The van der Waals surface area contributed by atoms with E-state index < -0.39 is 0 Å². The third kappa shape index (κ3) is 3.13. The Morgan fingerprint density at radius 3 is 2.58 bits per heavy atom. The molecule has 3 aliphatic rings. The van der Waals surface area contributed by atoms with Crippen molar-refractivity contribution in [3.63, 3.8) is 0 Å². The summed E-state index contributed by atoms with van der Waals surface area (Å²) in [7, 11) is 0. The molecule has 2 aliphatic carbocycles. The van der Waals surface area contributed by atoms with Crippen molar-refractivity contribution in [2.75, 3.05) is 37.7 Å². The molecule has 1 aromatic heterocycles. The molecule has 0 aromatic carbocycles. The Kier molecular flexibility index (Phi) is 4.98. The Hall–Kier alpha value is -1.89. The van der Waals surface area contributed by atoms with E-state index in [0.29, 0.717) is 18.1 Å². The zero-order valence-electron chi connectivity index (χ0n) is 15.7. The van der Waals surface area contributed by atoms with Gasteiger partial charge in [0.15, 0.2) is 5.96 Å². The Labute approximate surface area is 155 Å². The largest absolute Gasteiger partial charge is 0.378 e. The Bertz CT molecular complexity index is 622. The van der Waals surface area contributed by atoms with Gasteiger partial charge in [-0.1, -0.05) is 12.8 Å². The van der Waals surface area contributed by atoms with E-state index in [9.17, 15) is 0 Å². The molecule has 0 radical (unpaired) electrons. The molecular formula is C19H30N6O. The maximum Gasteiger partial charge on any atom is 0.225 e. The maximum atomic E-state index is 6.40. The van der Waals surface area contributed by atoms with Gasteiger partial charge in [0.2, 0.25) is 5.95 Å². The van der Waals surface area contributed by atoms with Gasteiger partial charge >= 0.3 is 0 Å². The highest BCUT2D eigenvalue weighted by Gasteiger charge is 2.57. The standard InChI is InChI=1S/C19H30N6O/c1-2-26-16-14-15(19(16)6-3-4-7-19)23-17(20)24-10-12-25(13-11-24)18-21-8-5-9-22-18/h5,8-9,15-16H,2-4,6-7,10-14H2,1H3,(H2,20,23). The molecule has 2 heterocycles. The number of nitrogens with zero attached hydrogens (tertiary/aromatic N) is 5. The first kappa shape index (κ1) is 17.5. The lowest BCUT2D eigenvalue weighted by Crippen LogP contribution is -2.58. The summed E-state index contributed by atoms with van der Waals surface area (Å²) in [6.45, 7) is 6.35. The highest BCUT2D eigenvalue weighted by atomic mass is 16.5. The van der Waals surface area contributed by atoms with E-state index in [2.05, 4.69) is 26.7 Å². The van der Waals surface area contributed by atoms with Crippen molar-refractivity contribution in [3.05, 3.63) is 18.5 Å². The molecule has 1 saturated heterocycles. The molecule has 2 atom stereocenters. The predicted octanol–water partition coefficient (Wildman–Crippen LogP) is 1.65. The van der Waals surface area contributed by atoms with Crippen LogP contribution < -0.4 is 10.6 Å². The van der Waals surface area contributed by atoms with Crippen LogP contribution in [-0.2, 0) is 4.74 Å². The number of ether oxygens (including phenoxy) is 1. The summed E-state index contributed by atoms with van der Waals surface area (Å²) in [5, 5.41) is 0. The molecule has 2 saturated carbocycles. The molecule has 2 unspecified atom stereocenters. The summed E-state index contributed by atoms with van der Waals surface area (Å²) in [6.07, 6.45) is 10.0. The number of nitrogens with two attached hydrogens (primary N) is 1. The second-order valence-electron chi connectivity index (χ2n) is 7.65. The minimum absolute atomic E-state index is 0.250. The van der Waals surface area contributed by atoms with Gasteiger partial charge in [-0.25, -0.2) is 15.0 Å². The highest BCUT2D eigenvalue weighted by Crippen LogP contribution is 2.56. The van der Waals surface area contributed by atoms with E-state index in [0.717, 1.165) is 45.2 Å². The number of hydrogen-bond acceptors (Lipinski definition) is 5. The van der Waals surface area contributed by atoms with Gasteiger partial charge < -0.3 is 20.3 Å². The van der Waals surface area contributed by atoms with Gasteiger partial charge in [0.05, 0.1) is 12.1 Å². The van der Waals surface area contributed by atoms with E-state index in [-0.39, 0.29) is 5.41 Å². The van der Waals surface area contributed by atoms with Crippen LogP contribution in [0.4, 0.5) is 5.95 Å². The Morgan fingerprint density at radius 1 is 1.23 bits per heavy atom. The molecule has 142 valence electrons. The SMILES string of the molecule is CCOC1CC(N=C(N)N2CCN(c3ncccn3)CC2)C12CCCC2. The maximum absolute atomic E-state index is 6.40. The van der Waals surface area contributed by atoms with Gasteiger partial charge in [0.25, 0.3) is 0 Å². The Morgan fingerprint density at radius 2 is 1.92 bits per heavy atom. The van der Waals surface area contributed by atoms with Crippen molar-refractivity contribution in [2.45, 2.75) is 51.2 Å². The molecule has 7 nitrogen and oxygen atoms in total. The van der Waals surface area contributed by atoms with Crippen LogP contribution in [0.15, 0.2) is 23.5 Å². The zero-order valence-corrected chi connectivity index (χ0v) is 15.7. The van der Waals surface area contributed by atoms with Crippen LogP contribution >= 0.6 is 0 Å². The number of aliphatic imine (C=N–C) groups is 1. The summed E-state index contributed by atoms with van der Waals surface area (Å²) < 4.78 is 5.99. The number of aromatic nitrogens is 2. The van der Waals surface area contributed by atoms with Crippen molar-refractivity contribution in [2.24, 2.45) is 16.1 Å². The van der Waals surface area contributed by atoms with Crippen LogP contribution in [0.5, 0.6) is 0 Å². The molecule has 1 spiro atoms. The highest BCUT2D eigenvalue weighted by molar-refractivity contribution is 5.78. The van der Waals surface area contributed by atoms with Crippen molar-refractivity contribution in [1.29, 1.82) is 0 Å². The van der Waals surface area contributed by atoms with Crippen LogP contribution in [0.3, 0.4) is 0 Å². The number of piperazine rings is 1. The third-order valence-electron chi connectivity index (χ3n) is 6.37. The van der Waals surface area contributed by atoms with Gasteiger partial charge in [-0.3, -0.25) is 0 Å². The molecule has 0 bridgehead atoms. The quantitative estimate of drug-likeness (QED) is 0.651.